The van der Waals surface area contributed by atoms with Gasteiger partial charge >= 0.3 is 0 Å². The first-order valence-corrected chi connectivity index (χ1v) is 9.34. The van der Waals surface area contributed by atoms with Gasteiger partial charge < -0.3 is 5.32 Å². The van der Waals surface area contributed by atoms with Crippen LogP contribution in [-0.2, 0) is 9.84 Å². The molecule has 0 heterocycles. The molecule has 0 aromatic heterocycles. The fraction of sp³-hybridized carbons (Fsp3) is 0.625. The quantitative estimate of drug-likeness (QED) is 0.798. The Labute approximate surface area is 123 Å². The molecule has 0 saturated carbocycles. The summed E-state index contributed by atoms with van der Waals surface area (Å²) in [4.78, 5) is 0.405. The second-order valence-corrected chi connectivity index (χ2v) is 7.39. The maximum Gasteiger partial charge on any atom is 0.175 e. The first-order chi connectivity index (χ1) is 9.42. The highest BCUT2D eigenvalue weighted by Gasteiger charge is 2.17. The van der Waals surface area contributed by atoms with E-state index in [1.54, 1.807) is 6.07 Å². The van der Waals surface area contributed by atoms with E-state index in [1.165, 1.54) is 6.26 Å². The van der Waals surface area contributed by atoms with Crippen LogP contribution in [0.3, 0.4) is 0 Å². The van der Waals surface area contributed by atoms with Crippen molar-refractivity contribution in [2.75, 3.05) is 12.8 Å². The van der Waals surface area contributed by atoms with Crippen LogP contribution in [-0.4, -0.2) is 21.2 Å². The van der Waals surface area contributed by atoms with E-state index < -0.39 is 9.84 Å². The second-order valence-electron chi connectivity index (χ2n) is 5.37. The van der Waals surface area contributed by atoms with Gasteiger partial charge in [-0.1, -0.05) is 45.7 Å². The standard InChI is InChI=1S/C16H27NO2S/c1-5-13(6-2)11-16(17-7-3)14-9-8-10-15(12-14)20(4,18)19/h8-10,12-13,16-17H,5-7,11H2,1-4H3. The molecule has 1 aromatic carbocycles. The first-order valence-electron chi connectivity index (χ1n) is 7.45. The summed E-state index contributed by atoms with van der Waals surface area (Å²) >= 11 is 0. The third kappa shape index (κ3) is 4.91. The topological polar surface area (TPSA) is 46.2 Å². The summed E-state index contributed by atoms with van der Waals surface area (Å²) in [6, 6.07) is 7.56. The highest BCUT2D eigenvalue weighted by molar-refractivity contribution is 7.90. The molecule has 0 radical (unpaired) electrons. The van der Waals surface area contributed by atoms with Crippen molar-refractivity contribution in [2.24, 2.45) is 5.92 Å². The highest BCUT2D eigenvalue weighted by atomic mass is 32.2. The first kappa shape index (κ1) is 17.2. The molecule has 20 heavy (non-hydrogen) atoms. The smallest absolute Gasteiger partial charge is 0.175 e. The number of sulfone groups is 1. The molecule has 0 aliphatic carbocycles. The Morgan fingerprint density at radius 3 is 2.30 bits per heavy atom. The predicted molar refractivity (Wildman–Crippen MR) is 84.7 cm³/mol. The van der Waals surface area contributed by atoms with Crippen molar-refractivity contribution in [1.29, 1.82) is 0 Å². The maximum atomic E-state index is 11.7. The molecule has 114 valence electrons. The number of rotatable bonds is 8. The molecule has 0 bridgehead atoms. The molecule has 1 unspecified atom stereocenters. The van der Waals surface area contributed by atoms with E-state index in [-0.39, 0.29) is 6.04 Å². The molecule has 1 N–H and O–H groups in total. The van der Waals surface area contributed by atoms with Crippen LogP contribution in [0.1, 0.15) is 51.6 Å². The molecule has 0 saturated heterocycles. The third-order valence-corrected chi connectivity index (χ3v) is 4.97. The average molecular weight is 297 g/mol. The highest BCUT2D eigenvalue weighted by Crippen LogP contribution is 2.26. The maximum absolute atomic E-state index is 11.7. The van der Waals surface area contributed by atoms with E-state index in [1.807, 2.05) is 18.2 Å². The van der Waals surface area contributed by atoms with Gasteiger partial charge in [0, 0.05) is 12.3 Å². The Morgan fingerprint density at radius 2 is 1.80 bits per heavy atom. The van der Waals surface area contributed by atoms with Gasteiger partial charge in [0.05, 0.1) is 4.90 Å². The number of hydrogen-bond donors (Lipinski definition) is 1. The number of benzene rings is 1. The van der Waals surface area contributed by atoms with Gasteiger partial charge in [-0.15, -0.1) is 0 Å². The Balaban J connectivity index is 3.02. The summed E-state index contributed by atoms with van der Waals surface area (Å²) in [6.45, 7) is 7.39. The number of nitrogens with one attached hydrogen (secondary N) is 1. The van der Waals surface area contributed by atoms with Gasteiger partial charge in [-0.3, -0.25) is 0 Å². The molecule has 0 fully saturated rings. The van der Waals surface area contributed by atoms with Crippen molar-refractivity contribution in [3.05, 3.63) is 29.8 Å². The Bertz CT molecular complexity index is 507. The summed E-state index contributed by atoms with van der Waals surface area (Å²) in [7, 11) is -3.14. The predicted octanol–water partition coefficient (Wildman–Crippen LogP) is 3.57. The van der Waals surface area contributed by atoms with Crippen LogP contribution in [0.4, 0.5) is 0 Å². The third-order valence-electron chi connectivity index (χ3n) is 3.86. The zero-order valence-corrected chi connectivity index (χ0v) is 13.8. The summed E-state index contributed by atoms with van der Waals surface area (Å²) in [6.07, 6.45) is 4.62. The summed E-state index contributed by atoms with van der Waals surface area (Å²) < 4.78 is 23.4. The molecule has 4 heteroatoms. The van der Waals surface area contributed by atoms with Crippen molar-refractivity contribution >= 4 is 9.84 Å². The second kappa shape index (κ2) is 7.79. The lowest BCUT2D eigenvalue weighted by Gasteiger charge is -2.23. The van der Waals surface area contributed by atoms with Gasteiger partial charge in [0.15, 0.2) is 9.84 Å². The van der Waals surface area contributed by atoms with Gasteiger partial charge in [-0.05, 0) is 36.6 Å². The Morgan fingerprint density at radius 1 is 1.15 bits per heavy atom. The number of hydrogen-bond acceptors (Lipinski definition) is 3. The summed E-state index contributed by atoms with van der Waals surface area (Å²) in [5.41, 5.74) is 1.07. The van der Waals surface area contributed by atoms with Crippen LogP contribution in [0.25, 0.3) is 0 Å². The lowest BCUT2D eigenvalue weighted by Crippen LogP contribution is -2.23. The molecule has 0 amide bonds. The van der Waals surface area contributed by atoms with Gasteiger partial charge in [-0.25, -0.2) is 8.42 Å². The van der Waals surface area contributed by atoms with Crippen molar-refractivity contribution in [3.8, 4) is 0 Å². The molecule has 0 aliphatic heterocycles. The lowest BCUT2D eigenvalue weighted by atomic mass is 9.91. The van der Waals surface area contributed by atoms with Crippen LogP contribution >= 0.6 is 0 Å². The van der Waals surface area contributed by atoms with Gasteiger partial charge in [-0.2, -0.15) is 0 Å². The van der Waals surface area contributed by atoms with Crippen LogP contribution in [0.5, 0.6) is 0 Å². The fourth-order valence-electron chi connectivity index (χ4n) is 2.50. The lowest BCUT2D eigenvalue weighted by molar-refractivity contribution is 0.375. The molecule has 0 spiro atoms. The molecule has 1 rings (SSSR count). The SMILES string of the molecule is CCNC(CC(CC)CC)c1cccc(S(C)(=O)=O)c1. The van der Waals surface area contributed by atoms with Gasteiger partial charge in [0.1, 0.15) is 0 Å². The summed E-state index contributed by atoms with van der Waals surface area (Å²) in [5, 5.41) is 3.48. The van der Waals surface area contributed by atoms with Crippen molar-refractivity contribution in [3.63, 3.8) is 0 Å². The van der Waals surface area contributed by atoms with Gasteiger partial charge in [0.25, 0.3) is 0 Å². The average Bonchev–Trinajstić information content (AvgIpc) is 2.42. The van der Waals surface area contributed by atoms with Crippen molar-refractivity contribution in [1.82, 2.24) is 5.32 Å². The minimum Gasteiger partial charge on any atom is -0.310 e. The fourth-order valence-corrected chi connectivity index (χ4v) is 3.18. The van der Waals surface area contributed by atoms with E-state index >= 15 is 0 Å². The normalized spacial score (nSPS) is 13.7. The van der Waals surface area contributed by atoms with Crippen LogP contribution in [0.15, 0.2) is 29.2 Å². The molecule has 1 atom stereocenters. The van der Waals surface area contributed by atoms with E-state index in [0.29, 0.717) is 10.8 Å². The minimum atomic E-state index is -3.14. The molecular weight excluding hydrogens is 270 g/mol. The molecule has 0 aliphatic rings. The zero-order valence-electron chi connectivity index (χ0n) is 13.0. The minimum absolute atomic E-state index is 0.228. The van der Waals surface area contributed by atoms with E-state index in [2.05, 4.69) is 26.1 Å². The zero-order chi connectivity index (χ0) is 15.2. The van der Waals surface area contributed by atoms with Crippen molar-refractivity contribution in [2.45, 2.75) is 51.0 Å². The Hall–Kier alpha value is -0.870. The van der Waals surface area contributed by atoms with E-state index in [9.17, 15) is 8.42 Å². The van der Waals surface area contributed by atoms with Crippen LogP contribution in [0, 0.1) is 5.92 Å². The van der Waals surface area contributed by atoms with Crippen molar-refractivity contribution < 1.29 is 8.42 Å². The summed E-state index contributed by atoms with van der Waals surface area (Å²) in [5.74, 6) is 0.668. The van der Waals surface area contributed by atoms with E-state index in [0.717, 1.165) is 31.4 Å². The molecule has 3 nitrogen and oxygen atoms in total. The monoisotopic (exact) mass is 297 g/mol. The van der Waals surface area contributed by atoms with E-state index in [4.69, 9.17) is 0 Å². The largest absolute Gasteiger partial charge is 0.310 e. The van der Waals surface area contributed by atoms with Crippen LogP contribution < -0.4 is 5.32 Å². The molecular formula is C16H27NO2S. The van der Waals surface area contributed by atoms with Gasteiger partial charge in [0.2, 0.25) is 0 Å². The molecule has 1 aromatic rings. The Kier molecular flexibility index (Phi) is 6.69. The van der Waals surface area contributed by atoms with Crippen LogP contribution in [0.2, 0.25) is 0 Å².